The van der Waals surface area contributed by atoms with Crippen LogP contribution < -0.4 is 9.47 Å². The molecule has 4 rings (SSSR count). The molecule has 3 aromatic rings. The summed E-state index contributed by atoms with van der Waals surface area (Å²) in [6, 6.07) is 23.2. The molecule has 0 amide bonds. The van der Waals surface area contributed by atoms with E-state index in [2.05, 4.69) is 4.74 Å². The van der Waals surface area contributed by atoms with Crippen LogP contribution in [0.3, 0.4) is 0 Å². The monoisotopic (exact) mass is 410 g/mol. The van der Waals surface area contributed by atoms with Gasteiger partial charge in [-0.05, 0) is 66.4 Å². The van der Waals surface area contributed by atoms with Crippen molar-refractivity contribution in [3.8, 4) is 17.2 Å². The molecule has 0 radical (unpaired) electrons. The first-order valence-electron chi connectivity index (χ1n) is 9.77. The van der Waals surface area contributed by atoms with Crippen LogP contribution in [0.15, 0.2) is 90.8 Å². The zero-order valence-electron chi connectivity index (χ0n) is 16.2. The lowest BCUT2D eigenvalue weighted by Crippen LogP contribution is -2.05. The molecule has 154 valence electrons. The van der Waals surface area contributed by atoms with Crippen molar-refractivity contribution in [1.82, 2.24) is 0 Å². The number of hydrogen-bond acceptors (Lipinski definition) is 2. The Labute approximate surface area is 173 Å². The summed E-state index contributed by atoms with van der Waals surface area (Å²) in [5.41, 5.74) is 1.35. The number of rotatable bonds is 8. The van der Waals surface area contributed by atoms with Crippen LogP contribution in [0, 0.1) is 0 Å². The van der Waals surface area contributed by atoms with Gasteiger partial charge in [0.1, 0.15) is 23.1 Å². The van der Waals surface area contributed by atoms with E-state index < -0.39 is 6.61 Å². The highest BCUT2D eigenvalue weighted by atomic mass is 19.3. The first-order chi connectivity index (χ1) is 14.5. The van der Waals surface area contributed by atoms with Crippen molar-refractivity contribution in [1.29, 1.82) is 0 Å². The topological polar surface area (TPSA) is 18.5 Å². The molecule has 2 nitrogen and oxygen atoms in total. The van der Waals surface area contributed by atoms with Crippen molar-refractivity contribution in [2.75, 3.05) is 0 Å². The lowest BCUT2D eigenvalue weighted by Gasteiger charge is -2.13. The zero-order chi connectivity index (χ0) is 21.0. The Balaban J connectivity index is 1.44. The molecule has 30 heavy (non-hydrogen) atoms. The summed E-state index contributed by atoms with van der Waals surface area (Å²) in [5.74, 6) is 1.26. The summed E-state index contributed by atoms with van der Waals surface area (Å²) < 4.78 is 49.6. The molecule has 0 atom stereocenters. The van der Waals surface area contributed by atoms with Gasteiger partial charge in [-0.3, -0.25) is 0 Å². The van der Waals surface area contributed by atoms with Gasteiger partial charge in [-0.1, -0.05) is 42.5 Å². The van der Waals surface area contributed by atoms with Crippen LogP contribution in [-0.2, 0) is 11.8 Å². The predicted molar refractivity (Wildman–Crippen MR) is 110 cm³/mol. The Bertz CT molecular complexity index is 1010. The molecule has 0 aliphatic heterocycles. The molecule has 1 aliphatic carbocycles. The van der Waals surface area contributed by atoms with Gasteiger partial charge in [-0.15, -0.1) is 0 Å². The van der Waals surface area contributed by atoms with Gasteiger partial charge in [0.15, 0.2) is 0 Å². The van der Waals surface area contributed by atoms with E-state index in [-0.39, 0.29) is 23.4 Å². The van der Waals surface area contributed by atoms with Crippen molar-refractivity contribution in [3.63, 3.8) is 0 Å². The lowest BCUT2D eigenvalue weighted by atomic mass is 9.94. The summed E-state index contributed by atoms with van der Waals surface area (Å²) in [4.78, 5) is 0. The summed E-state index contributed by atoms with van der Waals surface area (Å²) in [6.45, 7) is -2.86. The molecule has 1 saturated carbocycles. The number of ether oxygens (including phenoxy) is 2. The molecule has 0 heterocycles. The largest absolute Gasteiger partial charge is 0.457 e. The van der Waals surface area contributed by atoms with Crippen LogP contribution in [0.2, 0.25) is 0 Å². The SMILES string of the molecule is F/C(=C\C1(c2ccc(OC(F)F)cc2)CC1)Cc1cccc(Oc2ccccc2)c1. The normalized spacial score (nSPS) is 15.1. The third-order valence-corrected chi connectivity index (χ3v) is 5.13. The van der Waals surface area contributed by atoms with E-state index in [4.69, 9.17) is 4.74 Å². The fourth-order valence-corrected chi connectivity index (χ4v) is 3.51. The fourth-order valence-electron chi connectivity index (χ4n) is 3.51. The summed E-state index contributed by atoms with van der Waals surface area (Å²) in [7, 11) is 0. The minimum Gasteiger partial charge on any atom is -0.457 e. The molecule has 0 spiro atoms. The van der Waals surface area contributed by atoms with E-state index in [0.29, 0.717) is 5.75 Å². The number of allylic oxidation sites excluding steroid dienone is 2. The highest BCUT2D eigenvalue weighted by molar-refractivity contribution is 5.42. The van der Waals surface area contributed by atoms with E-state index in [1.54, 1.807) is 18.2 Å². The second kappa shape index (κ2) is 8.66. The Kier molecular flexibility index (Phi) is 5.79. The highest BCUT2D eigenvalue weighted by Gasteiger charge is 2.42. The van der Waals surface area contributed by atoms with Gasteiger partial charge in [0.05, 0.1) is 0 Å². The van der Waals surface area contributed by atoms with E-state index >= 15 is 0 Å². The van der Waals surface area contributed by atoms with Gasteiger partial charge in [0, 0.05) is 11.8 Å². The van der Waals surface area contributed by atoms with Gasteiger partial charge in [0.2, 0.25) is 0 Å². The molecular weight excluding hydrogens is 389 g/mol. The standard InChI is InChI=1S/C25H21F3O2/c26-20(15-18-5-4-8-23(16-18)29-21-6-2-1-3-7-21)17-25(13-14-25)19-9-11-22(12-10-19)30-24(27)28/h1-12,16-17,24H,13-15H2/b20-17-. The maximum atomic E-state index is 14.8. The second-order valence-electron chi connectivity index (χ2n) is 7.39. The van der Waals surface area contributed by atoms with Crippen LogP contribution in [-0.4, -0.2) is 6.61 Å². The van der Waals surface area contributed by atoms with E-state index in [1.165, 1.54) is 12.1 Å². The number of hydrogen-bond donors (Lipinski definition) is 0. The van der Waals surface area contributed by atoms with Gasteiger partial charge in [-0.2, -0.15) is 8.78 Å². The zero-order valence-corrected chi connectivity index (χ0v) is 16.2. The molecule has 0 saturated heterocycles. The molecule has 1 fully saturated rings. The smallest absolute Gasteiger partial charge is 0.387 e. The van der Waals surface area contributed by atoms with Gasteiger partial charge in [0.25, 0.3) is 0 Å². The molecule has 0 N–H and O–H groups in total. The average Bonchev–Trinajstić information content (AvgIpc) is 3.49. The number of benzene rings is 3. The molecule has 5 heteroatoms. The van der Waals surface area contributed by atoms with E-state index in [1.807, 2.05) is 54.6 Å². The second-order valence-corrected chi connectivity index (χ2v) is 7.39. The molecule has 0 unspecified atom stereocenters. The van der Waals surface area contributed by atoms with Crippen molar-refractivity contribution >= 4 is 0 Å². The van der Waals surface area contributed by atoms with Crippen LogP contribution in [0.1, 0.15) is 24.0 Å². The minimum absolute atomic E-state index is 0.101. The van der Waals surface area contributed by atoms with Gasteiger partial charge < -0.3 is 9.47 Å². The highest BCUT2D eigenvalue weighted by Crippen LogP contribution is 2.50. The quantitative estimate of drug-likeness (QED) is 0.391. The Morgan fingerprint density at radius 3 is 2.23 bits per heavy atom. The summed E-state index contributed by atoms with van der Waals surface area (Å²) in [5, 5.41) is 0. The van der Waals surface area contributed by atoms with Crippen LogP contribution >= 0.6 is 0 Å². The number of alkyl halides is 2. The van der Waals surface area contributed by atoms with E-state index in [0.717, 1.165) is 29.7 Å². The molecule has 0 bridgehead atoms. The van der Waals surface area contributed by atoms with Crippen LogP contribution in [0.25, 0.3) is 0 Å². The van der Waals surface area contributed by atoms with Crippen molar-refractivity contribution in [3.05, 3.63) is 102 Å². The summed E-state index contributed by atoms with van der Waals surface area (Å²) in [6.07, 6.45) is 3.47. The Hall–Kier alpha value is -3.21. The summed E-state index contributed by atoms with van der Waals surface area (Å²) >= 11 is 0. The Morgan fingerprint density at radius 2 is 1.57 bits per heavy atom. The maximum Gasteiger partial charge on any atom is 0.387 e. The van der Waals surface area contributed by atoms with Crippen molar-refractivity contribution in [2.45, 2.75) is 31.3 Å². The lowest BCUT2D eigenvalue weighted by molar-refractivity contribution is -0.0498. The van der Waals surface area contributed by atoms with Crippen molar-refractivity contribution in [2.24, 2.45) is 0 Å². The fraction of sp³-hybridized carbons (Fsp3) is 0.200. The van der Waals surface area contributed by atoms with Crippen molar-refractivity contribution < 1.29 is 22.6 Å². The Morgan fingerprint density at radius 1 is 0.867 bits per heavy atom. The van der Waals surface area contributed by atoms with Crippen LogP contribution in [0.5, 0.6) is 17.2 Å². The minimum atomic E-state index is -2.86. The first-order valence-corrected chi connectivity index (χ1v) is 9.77. The molecule has 3 aromatic carbocycles. The third-order valence-electron chi connectivity index (χ3n) is 5.13. The number of halogens is 3. The average molecular weight is 410 g/mol. The third kappa shape index (κ3) is 5.03. The number of para-hydroxylation sites is 1. The van der Waals surface area contributed by atoms with E-state index in [9.17, 15) is 13.2 Å². The van der Waals surface area contributed by atoms with Gasteiger partial charge >= 0.3 is 6.61 Å². The first kappa shape index (κ1) is 20.1. The van der Waals surface area contributed by atoms with Crippen LogP contribution in [0.4, 0.5) is 13.2 Å². The van der Waals surface area contributed by atoms with Gasteiger partial charge in [-0.25, -0.2) is 4.39 Å². The molecule has 0 aromatic heterocycles. The molecule has 1 aliphatic rings. The molecular formula is C25H21F3O2. The maximum absolute atomic E-state index is 14.8. The predicted octanol–water partition coefficient (Wildman–Crippen LogP) is 7.21.